The Labute approximate surface area is 163 Å². The van der Waals surface area contributed by atoms with Crippen LogP contribution in [0.1, 0.15) is 24.8 Å². The van der Waals surface area contributed by atoms with Gasteiger partial charge >= 0.3 is 5.97 Å². The van der Waals surface area contributed by atoms with Crippen molar-refractivity contribution in [3.8, 4) is 17.4 Å². The number of rotatable bonds is 4. The van der Waals surface area contributed by atoms with Crippen molar-refractivity contribution in [1.29, 1.82) is 5.26 Å². The highest BCUT2D eigenvalue weighted by Crippen LogP contribution is 2.30. The highest BCUT2D eigenvalue weighted by atomic mass is 16.4. The van der Waals surface area contributed by atoms with Crippen LogP contribution in [-0.2, 0) is 4.79 Å². The summed E-state index contributed by atoms with van der Waals surface area (Å²) in [6.45, 7) is 2.22. The number of nitriles is 1. The van der Waals surface area contributed by atoms with Crippen molar-refractivity contribution >= 4 is 28.7 Å². The monoisotopic (exact) mass is 372 g/mol. The standard InChI is InChI=1S/C23H20N2O3/c24-15-19(23(26)27)12-16-4-5-18-14-22(28-21(18)13-16)17-6-8-20(9-7-17)25-10-2-1-3-11-25/h4-9,12-14H,1-3,10-11H2,(H,26,27)/b19-12+. The number of benzene rings is 2. The molecule has 1 aromatic heterocycles. The van der Waals surface area contributed by atoms with E-state index >= 15 is 0 Å². The van der Waals surface area contributed by atoms with Gasteiger partial charge < -0.3 is 14.4 Å². The summed E-state index contributed by atoms with van der Waals surface area (Å²) in [5, 5.41) is 18.8. The fourth-order valence-corrected chi connectivity index (χ4v) is 3.58. The minimum absolute atomic E-state index is 0.306. The molecule has 0 unspecified atom stereocenters. The first kappa shape index (κ1) is 17.9. The lowest BCUT2D eigenvalue weighted by atomic mass is 10.1. The Kier molecular flexibility index (Phi) is 4.86. The lowest BCUT2D eigenvalue weighted by Gasteiger charge is -2.28. The summed E-state index contributed by atoms with van der Waals surface area (Å²) in [5.41, 5.74) is 3.21. The number of piperidine rings is 1. The summed E-state index contributed by atoms with van der Waals surface area (Å²) in [6.07, 6.45) is 5.15. The Morgan fingerprint density at radius 1 is 1.07 bits per heavy atom. The summed E-state index contributed by atoms with van der Waals surface area (Å²) >= 11 is 0. The van der Waals surface area contributed by atoms with E-state index in [0.717, 1.165) is 29.8 Å². The van der Waals surface area contributed by atoms with Crippen LogP contribution in [0.25, 0.3) is 28.4 Å². The number of anilines is 1. The molecule has 1 aliphatic rings. The second-order valence-electron chi connectivity index (χ2n) is 6.98. The predicted octanol–water partition coefficient (Wildman–Crippen LogP) is 5.08. The van der Waals surface area contributed by atoms with Crippen LogP contribution in [0.4, 0.5) is 5.69 Å². The van der Waals surface area contributed by atoms with Gasteiger partial charge in [0.1, 0.15) is 23.0 Å². The van der Waals surface area contributed by atoms with Crippen molar-refractivity contribution in [2.75, 3.05) is 18.0 Å². The highest BCUT2D eigenvalue weighted by molar-refractivity contribution is 5.97. The van der Waals surface area contributed by atoms with Crippen molar-refractivity contribution in [3.05, 3.63) is 59.7 Å². The van der Waals surface area contributed by atoms with Gasteiger partial charge in [0.05, 0.1) is 0 Å². The Morgan fingerprint density at radius 3 is 2.50 bits per heavy atom. The normalized spacial score (nSPS) is 14.8. The van der Waals surface area contributed by atoms with E-state index in [1.807, 2.05) is 12.1 Å². The van der Waals surface area contributed by atoms with Crippen molar-refractivity contribution in [3.63, 3.8) is 0 Å². The predicted molar refractivity (Wildman–Crippen MR) is 109 cm³/mol. The molecule has 0 radical (unpaired) electrons. The molecule has 4 rings (SSSR count). The maximum absolute atomic E-state index is 11.0. The first-order chi connectivity index (χ1) is 13.6. The molecule has 0 bridgehead atoms. The number of aliphatic carboxylic acids is 1. The van der Waals surface area contributed by atoms with Gasteiger partial charge in [-0.05, 0) is 67.3 Å². The zero-order valence-electron chi connectivity index (χ0n) is 15.4. The van der Waals surface area contributed by atoms with E-state index in [9.17, 15) is 4.79 Å². The summed E-state index contributed by atoms with van der Waals surface area (Å²) in [5.74, 6) is -0.475. The van der Waals surface area contributed by atoms with Gasteiger partial charge in [-0.3, -0.25) is 0 Å². The number of hydrogen-bond donors (Lipinski definition) is 1. The molecule has 0 saturated carbocycles. The fraction of sp³-hybridized carbons (Fsp3) is 0.217. The molecule has 140 valence electrons. The SMILES string of the molecule is N#C/C(=C\c1ccc2cc(-c3ccc(N4CCCCC4)cc3)oc2c1)C(=O)O. The van der Waals surface area contributed by atoms with Gasteiger partial charge in [-0.15, -0.1) is 0 Å². The Balaban J connectivity index is 1.61. The number of nitrogens with zero attached hydrogens (tertiary/aromatic N) is 2. The quantitative estimate of drug-likeness (QED) is 0.510. The van der Waals surface area contributed by atoms with E-state index in [2.05, 4.69) is 29.2 Å². The van der Waals surface area contributed by atoms with Gasteiger partial charge in [-0.25, -0.2) is 4.79 Å². The zero-order valence-corrected chi connectivity index (χ0v) is 15.4. The van der Waals surface area contributed by atoms with E-state index < -0.39 is 5.97 Å². The number of furan rings is 1. The lowest BCUT2D eigenvalue weighted by Crippen LogP contribution is -2.29. The van der Waals surface area contributed by atoms with Crippen LogP contribution in [0.5, 0.6) is 0 Å². The highest BCUT2D eigenvalue weighted by Gasteiger charge is 2.12. The second kappa shape index (κ2) is 7.61. The zero-order chi connectivity index (χ0) is 19.5. The fourth-order valence-electron chi connectivity index (χ4n) is 3.58. The third-order valence-corrected chi connectivity index (χ3v) is 5.08. The number of carbonyl (C=O) groups is 1. The third kappa shape index (κ3) is 3.63. The van der Waals surface area contributed by atoms with Crippen LogP contribution in [0, 0.1) is 11.3 Å². The van der Waals surface area contributed by atoms with Gasteiger partial charge in [0.2, 0.25) is 0 Å². The molecule has 0 aliphatic carbocycles. The van der Waals surface area contributed by atoms with Crippen LogP contribution >= 0.6 is 0 Å². The van der Waals surface area contributed by atoms with Crippen molar-refractivity contribution in [1.82, 2.24) is 0 Å². The second-order valence-corrected chi connectivity index (χ2v) is 6.98. The maximum atomic E-state index is 11.0. The molecule has 1 N–H and O–H groups in total. The maximum Gasteiger partial charge on any atom is 0.346 e. The van der Waals surface area contributed by atoms with Gasteiger partial charge in [0.25, 0.3) is 0 Å². The topological polar surface area (TPSA) is 77.5 Å². The van der Waals surface area contributed by atoms with E-state index in [4.69, 9.17) is 14.8 Å². The van der Waals surface area contributed by atoms with Gasteiger partial charge in [0.15, 0.2) is 0 Å². The van der Waals surface area contributed by atoms with Gasteiger partial charge in [-0.2, -0.15) is 5.26 Å². The smallest absolute Gasteiger partial charge is 0.346 e. The summed E-state index contributed by atoms with van der Waals surface area (Å²) in [6, 6.07) is 17.5. The molecule has 1 fully saturated rings. The average Bonchev–Trinajstić information content (AvgIpc) is 3.16. The molecule has 28 heavy (non-hydrogen) atoms. The average molecular weight is 372 g/mol. The largest absolute Gasteiger partial charge is 0.477 e. The number of carboxylic acids is 1. The number of hydrogen-bond acceptors (Lipinski definition) is 4. The van der Waals surface area contributed by atoms with Crippen LogP contribution < -0.4 is 4.90 Å². The Bertz CT molecular complexity index is 1080. The molecule has 0 atom stereocenters. The molecule has 0 spiro atoms. The van der Waals surface area contributed by atoms with E-state index in [1.54, 1.807) is 18.2 Å². The molecule has 1 saturated heterocycles. The van der Waals surface area contributed by atoms with Crippen LogP contribution in [0.3, 0.4) is 0 Å². The van der Waals surface area contributed by atoms with Crippen molar-refractivity contribution < 1.29 is 14.3 Å². The minimum atomic E-state index is -1.24. The Hall–Kier alpha value is -3.52. The summed E-state index contributed by atoms with van der Waals surface area (Å²) in [7, 11) is 0. The summed E-state index contributed by atoms with van der Waals surface area (Å²) < 4.78 is 5.98. The molecule has 1 aliphatic heterocycles. The molecular formula is C23H20N2O3. The van der Waals surface area contributed by atoms with E-state index in [-0.39, 0.29) is 5.57 Å². The molecule has 2 aromatic carbocycles. The van der Waals surface area contributed by atoms with Crippen molar-refractivity contribution in [2.45, 2.75) is 19.3 Å². The van der Waals surface area contributed by atoms with Crippen LogP contribution in [0.15, 0.2) is 58.5 Å². The van der Waals surface area contributed by atoms with Crippen LogP contribution in [0.2, 0.25) is 0 Å². The molecule has 0 amide bonds. The third-order valence-electron chi connectivity index (χ3n) is 5.08. The summed E-state index contributed by atoms with van der Waals surface area (Å²) in [4.78, 5) is 13.4. The van der Waals surface area contributed by atoms with E-state index in [0.29, 0.717) is 11.1 Å². The Morgan fingerprint density at radius 2 is 1.82 bits per heavy atom. The van der Waals surface area contributed by atoms with Gasteiger partial charge in [0, 0.05) is 29.7 Å². The van der Waals surface area contributed by atoms with E-state index in [1.165, 1.54) is 31.0 Å². The van der Waals surface area contributed by atoms with Crippen molar-refractivity contribution in [2.24, 2.45) is 0 Å². The first-order valence-corrected chi connectivity index (χ1v) is 9.38. The molecule has 5 nitrogen and oxygen atoms in total. The van der Waals surface area contributed by atoms with Gasteiger partial charge in [-0.1, -0.05) is 12.1 Å². The molecule has 5 heteroatoms. The minimum Gasteiger partial charge on any atom is -0.477 e. The lowest BCUT2D eigenvalue weighted by molar-refractivity contribution is -0.132. The number of fused-ring (bicyclic) bond motifs is 1. The molecular weight excluding hydrogens is 352 g/mol. The first-order valence-electron chi connectivity index (χ1n) is 9.38. The number of carboxylic acid groups (broad SMARTS) is 1. The van der Waals surface area contributed by atoms with Crippen LogP contribution in [-0.4, -0.2) is 24.2 Å². The molecule has 2 heterocycles. The molecule has 3 aromatic rings.